The number of benzene rings is 1. The summed E-state index contributed by atoms with van der Waals surface area (Å²) in [6, 6.07) is 10.2. The highest BCUT2D eigenvalue weighted by molar-refractivity contribution is 5.75. The van der Waals surface area contributed by atoms with Crippen LogP contribution in [0.4, 0.5) is 10.2 Å². The van der Waals surface area contributed by atoms with E-state index in [2.05, 4.69) is 15.2 Å². The molecule has 0 saturated carbocycles. The summed E-state index contributed by atoms with van der Waals surface area (Å²) in [5.41, 5.74) is 1.04. The number of anilines is 1. The maximum absolute atomic E-state index is 13.4. The number of halogens is 1. The minimum atomic E-state index is -0.386. The van der Waals surface area contributed by atoms with Crippen LogP contribution in [-0.2, 0) is 11.3 Å². The molecule has 1 fully saturated rings. The molecule has 0 atom stereocenters. The summed E-state index contributed by atoms with van der Waals surface area (Å²) in [5.74, 6) is 0.775. The Hall–Kier alpha value is -2.63. The molecule has 2 aromatic rings. The van der Waals surface area contributed by atoms with Crippen molar-refractivity contribution in [1.82, 2.24) is 10.3 Å². The largest absolute Gasteiger partial charge is 0.491 e. The number of rotatable bonds is 8. The molecule has 0 aliphatic carbocycles. The zero-order chi connectivity index (χ0) is 18.2. The second-order valence-corrected chi connectivity index (χ2v) is 6.38. The highest BCUT2D eigenvalue weighted by atomic mass is 19.1. The van der Waals surface area contributed by atoms with Gasteiger partial charge in [-0.05, 0) is 49.1 Å². The van der Waals surface area contributed by atoms with Crippen molar-refractivity contribution in [3.63, 3.8) is 0 Å². The normalized spacial score (nSPS) is 13.7. The average molecular weight is 357 g/mol. The molecule has 1 N–H and O–H groups in total. The van der Waals surface area contributed by atoms with Crippen molar-refractivity contribution < 1.29 is 13.9 Å². The van der Waals surface area contributed by atoms with Crippen LogP contribution in [0.15, 0.2) is 42.6 Å². The monoisotopic (exact) mass is 357 g/mol. The van der Waals surface area contributed by atoms with Crippen LogP contribution < -0.4 is 15.0 Å². The summed E-state index contributed by atoms with van der Waals surface area (Å²) in [6.07, 6.45) is 5.08. The fourth-order valence-electron chi connectivity index (χ4n) is 2.96. The van der Waals surface area contributed by atoms with Gasteiger partial charge in [0.25, 0.3) is 0 Å². The van der Waals surface area contributed by atoms with E-state index in [1.807, 2.05) is 12.1 Å². The lowest BCUT2D eigenvalue weighted by Gasteiger charge is -2.17. The highest BCUT2D eigenvalue weighted by Crippen LogP contribution is 2.18. The third kappa shape index (κ3) is 5.18. The highest BCUT2D eigenvalue weighted by Gasteiger charge is 2.13. The van der Waals surface area contributed by atoms with E-state index in [-0.39, 0.29) is 17.5 Å². The summed E-state index contributed by atoms with van der Waals surface area (Å²) in [6.45, 7) is 2.88. The zero-order valence-electron chi connectivity index (χ0n) is 14.8. The number of carbonyl (C=O) groups excluding carboxylic acids is 1. The predicted octanol–water partition coefficient (Wildman–Crippen LogP) is 3.30. The van der Waals surface area contributed by atoms with Crippen LogP contribution in [0.1, 0.15) is 31.2 Å². The number of ether oxygens (including phenoxy) is 1. The van der Waals surface area contributed by atoms with Gasteiger partial charge in [-0.2, -0.15) is 0 Å². The Balaban J connectivity index is 1.37. The molecule has 3 rings (SSSR count). The van der Waals surface area contributed by atoms with Gasteiger partial charge in [-0.3, -0.25) is 4.79 Å². The van der Waals surface area contributed by atoms with Gasteiger partial charge in [0.05, 0.1) is 6.61 Å². The van der Waals surface area contributed by atoms with E-state index in [4.69, 9.17) is 4.74 Å². The van der Waals surface area contributed by atoms with E-state index in [1.54, 1.807) is 24.4 Å². The molecule has 0 spiro atoms. The van der Waals surface area contributed by atoms with Crippen LogP contribution >= 0.6 is 0 Å². The van der Waals surface area contributed by atoms with Crippen LogP contribution in [0.2, 0.25) is 0 Å². The second kappa shape index (κ2) is 9.17. The first-order valence-corrected chi connectivity index (χ1v) is 9.06. The number of hydrogen-bond donors (Lipinski definition) is 1. The SMILES string of the molecule is O=C(CCCOc1ccccc1F)NCc1ccnc(N2CCCC2)c1. The van der Waals surface area contributed by atoms with Gasteiger partial charge in [-0.25, -0.2) is 9.37 Å². The van der Waals surface area contributed by atoms with Crippen molar-refractivity contribution in [2.24, 2.45) is 0 Å². The number of aromatic nitrogens is 1. The van der Waals surface area contributed by atoms with Crippen molar-refractivity contribution in [1.29, 1.82) is 0 Å². The van der Waals surface area contributed by atoms with Crippen LogP contribution in [0.5, 0.6) is 5.75 Å². The average Bonchev–Trinajstić information content (AvgIpc) is 3.20. The molecule has 0 bridgehead atoms. The Bertz CT molecular complexity index is 733. The zero-order valence-corrected chi connectivity index (χ0v) is 14.8. The van der Waals surface area contributed by atoms with E-state index in [1.165, 1.54) is 18.9 Å². The van der Waals surface area contributed by atoms with Crippen molar-refractivity contribution in [2.45, 2.75) is 32.2 Å². The van der Waals surface area contributed by atoms with Crippen LogP contribution in [-0.4, -0.2) is 30.6 Å². The molecule has 138 valence electrons. The molecule has 1 saturated heterocycles. The van der Waals surface area contributed by atoms with Crippen LogP contribution in [0.25, 0.3) is 0 Å². The lowest BCUT2D eigenvalue weighted by atomic mass is 10.2. The molecule has 2 heterocycles. The molecule has 0 unspecified atom stereocenters. The fraction of sp³-hybridized carbons (Fsp3) is 0.400. The molecule has 1 aliphatic heterocycles. The van der Waals surface area contributed by atoms with Gasteiger partial charge >= 0.3 is 0 Å². The number of nitrogens with one attached hydrogen (secondary N) is 1. The Morgan fingerprint density at radius 2 is 2.04 bits per heavy atom. The first kappa shape index (κ1) is 18.2. The van der Waals surface area contributed by atoms with E-state index >= 15 is 0 Å². The van der Waals surface area contributed by atoms with E-state index in [0.717, 1.165) is 24.5 Å². The lowest BCUT2D eigenvalue weighted by molar-refractivity contribution is -0.121. The van der Waals surface area contributed by atoms with E-state index in [0.29, 0.717) is 26.0 Å². The third-order valence-electron chi connectivity index (χ3n) is 4.37. The van der Waals surface area contributed by atoms with Gasteiger partial charge in [0.2, 0.25) is 5.91 Å². The first-order valence-electron chi connectivity index (χ1n) is 9.06. The second-order valence-electron chi connectivity index (χ2n) is 6.38. The van der Waals surface area contributed by atoms with Crippen LogP contribution in [0, 0.1) is 5.82 Å². The van der Waals surface area contributed by atoms with Gasteiger partial charge < -0.3 is 15.0 Å². The molecule has 0 radical (unpaired) electrons. The molecular formula is C20H24FN3O2. The summed E-state index contributed by atoms with van der Waals surface area (Å²) in [5, 5.41) is 2.91. The summed E-state index contributed by atoms with van der Waals surface area (Å²) >= 11 is 0. The number of para-hydroxylation sites is 1. The Morgan fingerprint density at radius 1 is 1.23 bits per heavy atom. The van der Waals surface area contributed by atoms with Crippen molar-refractivity contribution in [3.05, 3.63) is 54.0 Å². The molecule has 1 aromatic carbocycles. The molecule has 1 amide bonds. The number of amides is 1. The van der Waals surface area contributed by atoms with Crippen molar-refractivity contribution in [3.8, 4) is 5.75 Å². The van der Waals surface area contributed by atoms with E-state index in [9.17, 15) is 9.18 Å². The summed E-state index contributed by atoms with van der Waals surface area (Å²) in [4.78, 5) is 18.6. The molecule has 6 heteroatoms. The summed E-state index contributed by atoms with van der Waals surface area (Å²) < 4.78 is 18.8. The van der Waals surface area contributed by atoms with Crippen LogP contribution in [0.3, 0.4) is 0 Å². The first-order chi connectivity index (χ1) is 12.7. The smallest absolute Gasteiger partial charge is 0.220 e. The predicted molar refractivity (Wildman–Crippen MR) is 98.7 cm³/mol. The summed E-state index contributed by atoms with van der Waals surface area (Å²) in [7, 11) is 0. The standard InChI is InChI=1S/C20H24FN3O2/c21-17-6-1-2-7-18(17)26-13-5-8-20(25)23-15-16-9-10-22-19(14-16)24-11-3-4-12-24/h1-2,6-7,9-10,14H,3-5,8,11-13,15H2,(H,23,25). The van der Waals surface area contributed by atoms with Crippen molar-refractivity contribution in [2.75, 3.05) is 24.6 Å². The van der Waals surface area contributed by atoms with Gasteiger partial charge in [0.1, 0.15) is 5.82 Å². The molecule has 1 aromatic heterocycles. The Labute approximate surface area is 153 Å². The fourth-order valence-corrected chi connectivity index (χ4v) is 2.96. The van der Waals surface area contributed by atoms with E-state index < -0.39 is 0 Å². The minimum Gasteiger partial charge on any atom is -0.491 e. The van der Waals surface area contributed by atoms with Crippen molar-refractivity contribution >= 4 is 11.7 Å². The molecule has 26 heavy (non-hydrogen) atoms. The third-order valence-corrected chi connectivity index (χ3v) is 4.37. The van der Waals surface area contributed by atoms with Gasteiger partial charge in [0, 0.05) is 32.3 Å². The van der Waals surface area contributed by atoms with Gasteiger partial charge in [0.15, 0.2) is 11.6 Å². The molecule has 5 nitrogen and oxygen atoms in total. The topological polar surface area (TPSA) is 54.5 Å². The molecular weight excluding hydrogens is 333 g/mol. The number of hydrogen-bond acceptors (Lipinski definition) is 4. The lowest BCUT2D eigenvalue weighted by Crippen LogP contribution is -2.24. The maximum Gasteiger partial charge on any atom is 0.220 e. The Morgan fingerprint density at radius 3 is 2.85 bits per heavy atom. The molecule has 1 aliphatic rings. The number of nitrogens with zero attached hydrogens (tertiary/aromatic N) is 2. The van der Waals surface area contributed by atoms with Gasteiger partial charge in [-0.15, -0.1) is 0 Å². The Kier molecular flexibility index (Phi) is 6.41. The number of carbonyl (C=O) groups is 1. The van der Waals surface area contributed by atoms with Gasteiger partial charge in [-0.1, -0.05) is 12.1 Å². The minimum absolute atomic E-state index is 0.0401. The quantitative estimate of drug-likeness (QED) is 0.737. The number of pyridine rings is 1. The maximum atomic E-state index is 13.4.